The van der Waals surface area contributed by atoms with Gasteiger partial charge in [0.2, 0.25) is 11.9 Å². The predicted molar refractivity (Wildman–Crippen MR) is 172 cm³/mol. The first-order valence-electron chi connectivity index (χ1n) is 14.4. The number of benzene rings is 3. The van der Waals surface area contributed by atoms with Crippen LogP contribution in [0.5, 0.6) is 0 Å². The van der Waals surface area contributed by atoms with Gasteiger partial charge in [-0.15, -0.1) is 0 Å². The molecule has 6 rings (SSSR count). The first-order valence-corrected chi connectivity index (χ1v) is 14.4. The van der Waals surface area contributed by atoms with E-state index < -0.39 is 5.82 Å². The maximum atomic E-state index is 15.0. The lowest BCUT2D eigenvalue weighted by molar-refractivity contribution is -0.115. The fraction of sp³-hybridized carbons (Fsp3) is 0.143. The maximum absolute atomic E-state index is 15.0. The van der Waals surface area contributed by atoms with Gasteiger partial charge in [-0.05, 0) is 74.1 Å². The quantitative estimate of drug-likeness (QED) is 0.188. The second-order valence-electron chi connectivity index (χ2n) is 10.8. The maximum Gasteiger partial charge on any atom is 0.228 e. The molecule has 0 aliphatic heterocycles. The zero-order valence-corrected chi connectivity index (χ0v) is 24.5. The summed E-state index contributed by atoms with van der Waals surface area (Å²) < 4.78 is 16.7. The van der Waals surface area contributed by atoms with Crippen LogP contribution in [-0.2, 0) is 17.6 Å². The molecule has 8 nitrogen and oxygen atoms in total. The summed E-state index contributed by atoms with van der Waals surface area (Å²) in [6.07, 6.45) is 4.61. The molecule has 220 valence electrons. The van der Waals surface area contributed by atoms with E-state index in [1.54, 1.807) is 28.9 Å². The number of anilines is 3. The Kier molecular flexibility index (Phi) is 8.38. The number of hydrogen-bond acceptors (Lipinski definition) is 6. The van der Waals surface area contributed by atoms with Crippen molar-refractivity contribution in [2.24, 2.45) is 0 Å². The average Bonchev–Trinajstić information content (AvgIpc) is 3.42. The molecule has 0 radical (unpaired) electrons. The number of hydrogen-bond donors (Lipinski definition) is 2. The number of carbonyl (C=O) groups is 1. The molecule has 6 aromatic rings. The number of nitrogens with zero attached hydrogens (tertiary/aromatic N) is 5. The average molecular weight is 586 g/mol. The SMILES string of the molecule is CN(C)CCc1cccc(Nc2nccc(-c3c(-c4cccc(NC(=O)Cc5ccccc5)c4)nc4c(F)cccn34)n2)c1. The summed E-state index contributed by atoms with van der Waals surface area (Å²) >= 11 is 0. The monoisotopic (exact) mass is 585 g/mol. The van der Waals surface area contributed by atoms with Crippen molar-refractivity contribution in [1.29, 1.82) is 0 Å². The van der Waals surface area contributed by atoms with Crippen LogP contribution >= 0.6 is 0 Å². The molecular weight excluding hydrogens is 553 g/mol. The first-order chi connectivity index (χ1) is 21.4. The van der Waals surface area contributed by atoms with E-state index in [0.717, 1.165) is 24.2 Å². The summed E-state index contributed by atoms with van der Waals surface area (Å²) in [6.45, 7) is 0.945. The Balaban J connectivity index is 1.33. The number of pyridine rings is 1. The van der Waals surface area contributed by atoms with Crippen LogP contribution in [0.3, 0.4) is 0 Å². The first kappa shape index (κ1) is 28.7. The van der Waals surface area contributed by atoms with Crippen LogP contribution in [0.1, 0.15) is 11.1 Å². The molecule has 3 heterocycles. The van der Waals surface area contributed by atoms with E-state index in [9.17, 15) is 9.18 Å². The Morgan fingerprint density at radius 3 is 2.50 bits per heavy atom. The van der Waals surface area contributed by atoms with Gasteiger partial charge >= 0.3 is 0 Å². The Morgan fingerprint density at radius 2 is 1.66 bits per heavy atom. The normalized spacial score (nSPS) is 11.2. The van der Waals surface area contributed by atoms with Crippen LogP contribution in [0.4, 0.5) is 21.7 Å². The molecule has 0 fully saturated rings. The molecule has 0 saturated carbocycles. The number of fused-ring (bicyclic) bond motifs is 1. The van der Waals surface area contributed by atoms with Crippen molar-refractivity contribution in [2.45, 2.75) is 12.8 Å². The molecule has 0 atom stereocenters. The molecule has 3 aromatic heterocycles. The molecule has 9 heteroatoms. The van der Waals surface area contributed by atoms with Crippen LogP contribution in [0.25, 0.3) is 28.3 Å². The summed E-state index contributed by atoms with van der Waals surface area (Å²) in [7, 11) is 4.11. The summed E-state index contributed by atoms with van der Waals surface area (Å²) in [6, 6.07) is 29.9. The van der Waals surface area contributed by atoms with Crippen molar-refractivity contribution in [3.8, 4) is 22.6 Å². The Bertz CT molecular complexity index is 1920. The van der Waals surface area contributed by atoms with Gasteiger partial charge in [0.1, 0.15) is 0 Å². The zero-order valence-electron chi connectivity index (χ0n) is 24.5. The number of imidazole rings is 1. The van der Waals surface area contributed by atoms with E-state index in [1.807, 2.05) is 66.7 Å². The highest BCUT2D eigenvalue weighted by molar-refractivity contribution is 5.93. The number of nitrogens with one attached hydrogen (secondary N) is 2. The Labute approximate surface area is 255 Å². The second kappa shape index (κ2) is 12.8. The van der Waals surface area contributed by atoms with E-state index in [4.69, 9.17) is 9.97 Å². The number of rotatable bonds is 10. The summed E-state index contributed by atoms with van der Waals surface area (Å²) in [4.78, 5) is 28.9. The molecule has 3 aromatic carbocycles. The van der Waals surface area contributed by atoms with Crippen molar-refractivity contribution in [1.82, 2.24) is 24.3 Å². The van der Waals surface area contributed by atoms with Gasteiger partial charge in [0.15, 0.2) is 11.5 Å². The van der Waals surface area contributed by atoms with E-state index in [0.29, 0.717) is 34.3 Å². The van der Waals surface area contributed by atoms with Gasteiger partial charge in [-0.1, -0.05) is 54.6 Å². The molecule has 0 bridgehead atoms. The van der Waals surface area contributed by atoms with Crippen molar-refractivity contribution < 1.29 is 9.18 Å². The van der Waals surface area contributed by atoms with Crippen LogP contribution in [0.15, 0.2) is 109 Å². The predicted octanol–water partition coefficient (Wildman–Crippen LogP) is 6.63. The van der Waals surface area contributed by atoms with Crippen molar-refractivity contribution in [3.63, 3.8) is 0 Å². The van der Waals surface area contributed by atoms with Crippen LogP contribution in [0, 0.1) is 5.82 Å². The molecule has 0 saturated heterocycles. The molecule has 0 aliphatic carbocycles. The Morgan fingerprint density at radius 1 is 0.864 bits per heavy atom. The molecule has 1 amide bonds. The molecule has 0 unspecified atom stereocenters. The van der Waals surface area contributed by atoms with Gasteiger partial charge in [-0.2, -0.15) is 0 Å². The van der Waals surface area contributed by atoms with Gasteiger partial charge in [-0.3, -0.25) is 9.20 Å². The van der Waals surface area contributed by atoms with Crippen molar-refractivity contribution >= 4 is 28.9 Å². The molecular formula is C35H32FN7O. The standard InChI is InChI=1S/C35H32FN7O/c1-42(2)20-17-25-11-6-13-27(21-25)39-35-37-18-16-30(40-35)33-32(41-34-29(36)15-8-19-43(33)34)26-12-7-14-28(23-26)38-31(44)22-24-9-4-3-5-10-24/h3-16,18-19,21,23H,17,20,22H2,1-2H3,(H,38,44)(H,37,39,40). The number of amides is 1. The van der Waals surface area contributed by atoms with Gasteiger partial charge < -0.3 is 15.5 Å². The lowest BCUT2D eigenvalue weighted by atomic mass is 10.1. The van der Waals surface area contributed by atoms with Crippen molar-refractivity contribution in [3.05, 3.63) is 126 Å². The lowest BCUT2D eigenvalue weighted by Gasteiger charge is -2.12. The van der Waals surface area contributed by atoms with Crippen molar-refractivity contribution in [2.75, 3.05) is 31.3 Å². The molecule has 0 spiro atoms. The third-order valence-corrected chi connectivity index (χ3v) is 7.16. The smallest absolute Gasteiger partial charge is 0.228 e. The minimum atomic E-state index is -0.450. The van der Waals surface area contributed by atoms with Crippen LogP contribution in [-0.4, -0.2) is 50.8 Å². The molecule has 44 heavy (non-hydrogen) atoms. The van der Waals surface area contributed by atoms with Crippen LogP contribution < -0.4 is 10.6 Å². The van der Waals surface area contributed by atoms with Gasteiger partial charge in [0, 0.05) is 35.9 Å². The summed E-state index contributed by atoms with van der Waals surface area (Å²) in [5.41, 5.74) is 6.22. The fourth-order valence-electron chi connectivity index (χ4n) is 5.05. The number of halogens is 1. The number of aromatic nitrogens is 4. The highest BCUT2D eigenvalue weighted by atomic mass is 19.1. The number of likely N-dealkylation sites (N-methyl/N-ethyl adjacent to an activating group) is 1. The van der Waals surface area contributed by atoms with Crippen LogP contribution in [0.2, 0.25) is 0 Å². The van der Waals surface area contributed by atoms with E-state index in [2.05, 4.69) is 46.7 Å². The molecule has 0 aliphatic rings. The van der Waals surface area contributed by atoms with E-state index >= 15 is 0 Å². The van der Waals surface area contributed by atoms with Gasteiger partial charge in [-0.25, -0.2) is 19.3 Å². The van der Waals surface area contributed by atoms with E-state index in [1.165, 1.54) is 11.6 Å². The minimum absolute atomic E-state index is 0.132. The zero-order chi connectivity index (χ0) is 30.5. The minimum Gasteiger partial charge on any atom is -0.326 e. The van der Waals surface area contributed by atoms with Gasteiger partial charge in [0.05, 0.1) is 23.5 Å². The molecule has 2 N–H and O–H groups in total. The largest absolute Gasteiger partial charge is 0.326 e. The fourth-order valence-corrected chi connectivity index (χ4v) is 5.05. The number of carbonyl (C=O) groups excluding carboxylic acids is 1. The third kappa shape index (κ3) is 6.63. The third-order valence-electron chi connectivity index (χ3n) is 7.16. The van der Waals surface area contributed by atoms with Gasteiger partial charge in [0.25, 0.3) is 0 Å². The highest BCUT2D eigenvalue weighted by Gasteiger charge is 2.20. The summed E-state index contributed by atoms with van der Waals surface area (Å²) in [5, 5.41) is 6.29. The second-order valence-corrected chi connectivity index (χ2v) is 10.8. The highest BCUT2D eigenvalue weighted by Crippen LogP contribution is 2.34. The van der Waals surface area contributed by atoms with E-state index in [-0.39, 0.29) is 18.0 Å². The summed E-state index contributed by atoms with van der Waals surface area (Å²) in [5.74, 6) is -0.173. The Hall–Kier alpha value is -5.41. The topological polar surface area (TPSA) is 87.5 Å². The lowest BCUT2D eigenvalue weighted by Crippen LogP contribution is -2.15.